The minimum Gasteiger partial charge on any atom is -0.496 e. The maximum Gasteiger partial charge on any atom is 0.131 e. The number of rotatable bonds is 8. The molecule has 1 aromatic rings. The second kappa shape index (κ2) is 7.89. The molecule has 0 radical (unpaired) electrons. The molecule has 1 rings (SSSR count). The maximum absolute atomic E-state index is 5.49. The largest absolute Gasteiger partial charge is 0.496 e. The second-order valence-electron chi connectivity index (χ2n) is 4.43. The predicted octanol–water partition coefficient (Wildman–Crippen LogP) is 3.16. The van der Waals surface area contributed by atoms with Crippen molar-refractivity contribution in [3.05, 3.63) is 17.7 Å². The van der Waals surface area contributed by atoms with Gasteiger partial charge in [-0.1, -0.05) is 19.8 Å². The first kappa shape index (κ1) is 15.6. The summed E-state index contributed by atoms with van der Waals surface area (Å²) in [7, 11) is 6.94. The van der Waals surface area contributed by atoms with Crippen molar-refractivity contribution in [1.29, 1.82) is 0 Å². The van der Waals surface area contributed by atoms with Crippen molar-refractivity contribution < 1.29 is 14.2 Å². The molecule has 0 amide bonds. The number of benzene rings is 1. The Hall–Kier alpha value is -1.42. The first-order valence-corrected chi connectivity index (χ1v) is 6.68. The Morgan fingerprint density at radius 3 is 2.00 bits per heavy atom. The number of hydrogen-bond acceptors (Lipinski definition) is 4. The summed E-state index contributed by atoms with van der Waals surface area (Å²) >= 11 is 0. The molecule has 0 heterocycles. The van der Waals surface area contributed by atoms with Crippen LogP contribution in [0.5, 0.6) is 17.2 Å². The molecule has 0 aliphatic carbocycles. The molecular formula is C15H25NO3. The SMILES string of the molecule is CCCCC(NC)c1c(OC)cc(OC)cc1OC. The summed E-state index contributed by atoms with van der Waals surface area (Å²) in [5.74, 6) is 2.33. The van der Waals surface area contributed by atoms with Crippen LogP contribution in [-0.4, -0.2) is 28.4 Å². The van der Waals surface area contributed by atoms with Crippen molar-refractivity contribution in [2.75, 3.05) is 28.4 Å². The second-order valence-corrected chi connectivity index (χ2v) is 4.43. The van der Waals surface area contributed by atoms with Crippen molar-refractivity contribution >= 4 is 0 Å². The highest BCUT2D eigenvalue weighted by atomic mass is 16.5. The van der Waals surface area contributed by atoms with Crippen LogP contribution >= 0.6 is 0 Å². The molecule has 0 aromatic heterocycles. The lowest BCUT2D eigenvalue weighted by Gasteiger charge is -2.22. The standard InChI is InChI=1S/C15H25NO3/c1-6-7-8-12(16-2)15-13(18-4)9-11(17-3)10-14(15)19-5/h9-10,12,16H,6-8H2,1-5H3. The number of nitrogens with one attached hydrogen (secondary N) is 1. The number of hydrogen-bond donors (Lipinski definition) is 1. The van der Waals surface area contributed by atoms with Gasteiger partial charge < -0.3 is 19.5 Å². The highest BCUT2D eigenvalue weighted by Crippen LogP contribution is 2.39. The molecule has 108 valence electrons. The quantitative estimate of drug-likeness (QED) is 0.785. The molecule has 0 spiro atoms. The molecule has 4 nitrogen and oxygen atoms in total. The summed E-state index contributed by atoms with van der Waals surface area (Å²) < 4.78 is 16.3. The van der Waals surface area contributed by atoms with Gasteiger partial charge >= 0.3 is 0 Å². The normalized spacial score (nSPS) is 12.1. The fraction of sp³-hybridized carbons (Fsp3) is 0.600. The predicted molar refractivity (Wildman–Crippen MR) is 77.4 cm³/mol. The Labute approximate surface area is 116 Å². The maximum atomic E-state index is 5.49. The Balaban J connectivity index is 3.20. The van der Waals surface area contributed by atoms with E-state index in [1.807, 2.05) is 19.2 Å². The summed E-state index contributed by atoms with van der Waals surface area (Å²) in [5, 5.41) is 3.34. The van der Waals surface area contributed by atoms with E-state index < -0.39 is 0 Å². The molecule has 19 heavy (non-hydrogen) atoms. The minimum absolute atomic E-state index is 0.218. The zero-order valence-electron chi connectivity index (χ0n) is 12.6. The summed E-state index contributed by atoms with van der Waals surface area (Å²) in [6, 6.07) is 4.01. The molecule has 0 bridgehead atoms. The van der Waals surface area contributed by atoms with E-state index >= 15 is 0 Å². The summed E-state index contributed by atoms with van der Waals surface area (Å²) in [5.41, 5.74) is 1.06. The first-order valence-electron chi connectivity index (χ1n) is 6.68. The lowest BCUT2D eigenvalue weighted by molar-refractivity contribution is 0.356. The van der Waals surface area contributed by atoms with Crippen molar-refractivity contribution in [3.8, 4) is 17.2 Å². The van der Waals surface area contributed by atoms with Crippen LogP contribution in [-0.2, 0) is 0 Å². The summed E-state index contributed by atoms with van der Waals surface area (Å²) in [4.78, 5) is 0. The van der Waals surface area contributed by atoms with E-state index in [9.17, 15) is 0 Å². The van der Waals surface area contributed by atoms with Crippen LogP contribution in [0.15, 0.2) is 12.1 Å². The van der Waals surface area contributed by atoms with Crippen LogP contribution < -0.4 is 19.5 Å². The molecule has 1 aromatic carbocycles. The van der Waals surface area contributed by atoms with Crippen LogP contribution in [0.3, 0.4) is 0 Å². The van der Waals surface area contributed by atoms with Crippen LogP contribution in [0.25, 0.3) is 0 Å². The van der Waals surface area contributed by atoms with Crippen molar-refractivity contribution in [3.63, 3.8) is 0 Å². The average molecular weight is 267 g/mol. The Morgan fingerprint density at radius 1 is 1.05 bits per heavy atom. The van der Waals surface area contributed by atoms with E-state index in [0.29, 0.717) is 0 Å². The molecule has 0 aliphatic heterocycles. The molecule has 0 saturated heterocycles. The first-order chi connectivity index (χ1) is 9.21. The van der Waals surface area contributed by atoms with E-state index in [-0.39, 0.29) is 6.04 Å². The molecule has 4 heteroatoms. The Kier molecular flexibility index (Phi) is 6.50. The van der Waals surface area contributed by atoms with Crippen LogP contribution in [0.2, 0.25) is 0 Å². The smallest absolute Gasteiger partial charge is 0.131 e. The van der Waals surface area contributed by atoms with Gasteiger partial charge in [-0.15, -0.1) is 0 Å². The van der Waals surface area contributed by atoms with Crippen molar-refractivity contribution in [1.82, 2.24) is 5.32 Å². The van der Waals surface area contributed by atoms with Gasteiger partial charge in [-0.25, -0.2) is 0 Å². The van der Waals surface area contributed by atoms with Gasteiger partial charge in [0, 0.05) is 18.2 Å². The fourth-order valence-corrected chi connectivity index (χ4v) is 2.22. The van der Waals surface area contributed by atoms with Crippen LogP contribution in [0, 0.1) is 0 Å². The van der Waals surface area contributed by atoms with E-state index in [4.69, 9.17) is 14.2 Å². The van der Waals surface area contributed by atoms with Gasteiger partial charge in [-0.2, -0.15) is 0 Å². The lowest BCUT2D eigenvalue weighted by Crippen LogP contribution is -2.18. The third-order valence-corrected chi connectivity index (χ3v) is 3.30. The van der Waals surface area contributed by atoms with Gasteiger partial charge in [0.05, 0.1) is 26.9 Å². The molecule has 0 aliphatic rings. The minimum atomic E-state index is 0.218. The fourth-order valence-electron chi connectivity index (χ4n) is 2.22. The van der Waals surface area contributed by atoms with Crippen LogP contribution in [0.4, 0.5) is 0 Å². The monoisotopic (exact) mass is 267 g/mol. The van der Waals surface area contributed by atoms with E-state index in [2.05, 4.69) is 12.2 Å². The summed E-state index contributed by atoms with van der Waals surface area (Å²) in [6.45, 7) is 2.19. The Bertz CT molecular complexity index is 368. The zero-order valence-corrected chi connectivity index (χ0v) is 12.6. The van der Waals surface area contributed by atoms with Crippen LogP contribution in [0.1, 0.15) is 37.8 Å². The van der Waals surface area contributed by atoms with E-state index in [1.54, 1.807) is 21.3 Å². The highest BCUT2D eigenvalue weighted by Gasteiger charge is 2.20. The van der Waals surface area contributed by atoms with Gasteiger partial charge in [0.2, 0.25) is 0 Å². The number of unbranched alkanes of at least 4 members (excludes halogenated alkanes) is 1. The number of methoxy groups -OCH3 is 3. The van der Waals surface area contributed by atoms with Gasteiger partial charge in [-0.3, -0.25) is 0 Å². The highest BCUT2D eigenvalue weighted by molar-refractivity contribution is 5.52. The van der Waals surface area contributed by atoms with Crippen molar-refractivity contribution in [2.45, 2.75) is 32.2 Å². The number of ether oxygens (including phenoxy) is 3. The molecule has 1 unspecified atom stereocenters. The summed E-state index contributed by atoms with van der Waals surface area (Å²) in [6.07, 6.45) is 3.37. The lowest BCUT2D eigenvalue weighted by atomic mass is 9.99. The third-order valence-electron chi connectivity index (χ3n) is 3.30. The van der Waals surface area contributed by atoms with Gasteiger partial charge in [0.25, 0.3) is 0 Å². The van der Waals surface area contributed by atoms with Gasteiger partial charge in [0.15, 0.2) is 0 Å². The molecule has 1 atom stereocenters. The molecule has 0 fully saturated rings. The third kappa shape index (κ3) is 3.77. The Morgan fingerprint density at radius 2 is 1.63 bits per heavy atom. The van der Waals surface area contributed by atoms with Gasteiger partial charge in [0.1, 0.15) is 17.2 Å². The van der Waals surface area contributed by atoms with E-state index in [0.717, 1.165) is 35.7 Å². The molecule has 0 saturated carbocycles. The zero-order chi connectivity index (χ0) is 14.3. The molecule has 1 N–H and O–H groups in total. The molecular weight excluding hydrogens is 242 g/mol. The topological polar surface area (TPSA) is 39.7 Å². The average Bonchev–Trinajstić information content (AvgIpc) is 2.47. The van der Waals surface area contributed by atoms with E-state index in [1.165, 1.54) is 6.42 Å². The van der Waals surface area contributed by atoms with Crippen molar-refractivity contribution in [2.24, 2.45) is 0 Å². The van der Waals surface area contributed by atoms with Gasteiger partial charge in [-0.05, 0) is 13.5 Å².